The van der Waals surface area contributed by atoms with Crippen molar-refractivity contribution < 1.29 is 9.53 Å². The predicted molar refractivity (Wildman–Crippen MR) is 60.5 cm³/mol. The van der Waals surface area contributed by atoms with E-state index < -0.39 is 0 Å². The summed E-state index contributed by atoms with van der Waals surface area (Å²) in [4.78, 5) is 11.5. The lowest BCUT2D eigenvalue weighted by Crippen LogP contribution is -2.19. The molecule has 2 N–H and O–H groups in total. The summed E-state index contributed by atoms with van der Waals surface area (Å²) >= 11 is 0. The largest absolute Gasteiger partial charge is 0.380 e. The number of rotatable bonds is 2. The fourth-order valence-corrected chi connectivity index (χ4v) is 2.19. The van der Waals surface area contributed by atoms with Crippen LogP contribution in [0.3, 0.4) is 0 Å². The average Bonchev–Trinajstić information content (AvgIpc) is 2.90. The van der Waals surface area contributed by atoms with Gasteiger partial charge >= 0.3 is 0 Å². The zero-order valence-corrected chi connectivity index (χ0v) is 8.95. The van der Waals surface area contributed by atoms with Crippen LogP contribution in [0.25, 0.3) is 0 Å². The van der Waals surface area contributed by atoms with Gasteiger partial charge in [0.1, 0.15) is 0 Å². The Morgan fingerprint density at radius 1 is 1.44 bits per heavy atom. The topological polar surface area (TPSA) is 50.4 Å². The van der Waals surface area contributed by atoms with Crippen LogP contribution in [-0.4, -0.2) is 25.2 Å². The number of ether oxygens (including phenoxy) is 1. The van der Waals surface area contributed by atoms with Crippen molar-refractivity contribution in [2.45, 2.75) is 19.0 Å². The van der Waals surface area contributed by atoms with Gasteiger partial charge in [-0.2, -0.15) is 0 Å². The molecule has 84 valence electrons. The quantitative estimate of drug-likeness (QED) is 0.782. The van der Waals surface area contributed by atoms with Crippen molar-refractivity contribution in [1.82, 2.24) is 5.32 Å². The molecule has 0 saturated carbocycles. The minimum Gasteiger partial charge on any atom is -0.380 e. The van der Waals surface area contributed by atoms with E-state index in [4.69, 9.17) is 4.74 Å². The summed E-state index contributed by atoms with van der Waals surface area (Å²) in [5.74, 6) is 0.0290. The fourth-order valence-electron chi connectivity index (χ4n) is 2.19. The number of benzene rings is 1. The summed E-state index contributed by atoms with van der Waals surface area (Å²) in [6, 6.07) is 6.33. The highest BCUT2D eigenvalue weighted by Crippen LogP contribution is 2.21. The molecule has 1 amide bonds. The van der Waals surface area contributed by atoms with E-state index in [1.807, 2.05) is 18.2 Å². The zero-order chi connectivity index (χ0) is 11.0. The Labute approximate surface area is 94.0 Å². The Kier molecular flexibility index (Phi) is 2.29. The van der Waals surface area contributed by atoms with Crippen LogP contribution < -0.4 is 10.6 Å². The summed E-state index contributed by atoms with van der Waals surface area (Å²) in [5, 5.41) is 6.20. The maximum Gasteiger partial charge on any atom is 0.251 e. The lowest BCUT2D eigenvalue weighted by atomic mass is 10.1. The monoisotopic (exact) mass is 218 g/mol. The summed E-state index contributed by atoms with van der Waals surface area (Å²) in [6.45, 7) is 2.23. The molecule has 1 saturated heterocycles. The molecule has 16 heavy (non-hydrogen) atoms. The number of anilines is 1. The van der Waals surface area contributed by atoms with Crippen LogP contribution >= 0.6 is 0 Å². The van der Waals surface area contributed by atoms with Gasteiger partial charge in [0.2, 0.25) is 0 Å². The van der Waals surface area contributed by atoms with Crippen LogP contribution in [0, 0.1) is 0 Å². The van der Waals surface area contributed by atoms with Crippen molar-refractivity contribution >= 4 is 11.6 Å². The van der Waals surface area contributed by atoms with Crippen molar-refractivity contribution in [3.63, 3.8) is 0 Å². The van der Waals surface area contributed by atoms with Crippen molar-refractivity contribution in [2.24, 2.45) is 0 Å². The number of carbonyl (C=O) groups is 1. The third-order valence-corrected chi connectivity index (χ3v) is 3.09. The van der Waals surface area contributed by atoms with Crippen LogP contribution in [0.15, 0.2) is 18.2 Å². The second-order valence-electron chi connectivity index (χ2n) is 4.26. The van der Waals surface area contributed by atoms with E-state index in [-0.39, 0.29) is 5.91 Å². The third kappa shape index (κ3) is 1.65. The van der Waals surface area contributed by atoms with Crippen molar-refractivity contribution in [3.8, 4) is 0 Å². The number of nitrogens with one attached hydrogen (secondary N) is 2. The van der Waals surface area contributed by atoms with E-state index in [1.54, 1.807) is 0 Å². The van der Waals surface area contributed by atoms with E-state index in [0.717, 1.165) is 36.4 Å². The number of hydrogen-bond acceptors (Lipinski definition) is 3. The van der Waals surface area contributed by atoms with Gasteiger partial charge in [-0.15, -0.1) is 0 Å². The number of hydrogen-bond donors (Lipinski definition) is 2. The Balaban J connectivity index is 1.80. The zero-order valence-electron chi connectivity index (χ0n) is 8.95. The highest BCUT2D eigenvalue weighted by Gasteiger charge is 2.20. The average molecular weight is 218 g/mol. The van der Waals surface area contributed by atoms with Gasteiger partial charge in [-0.3, -0.25) is 4.79 Å². The second-order valence-corrected chi connectivity index (χ2v) is 4.26. The molecule has 3 rings (SSSR count). The Morgan fingerprint density at radius 3 is 3.19 bits per heavy atom. The van der Waals surface area contributed by atoms with E-state index in [0.29, 0.717) is 12.6 Å². The minimum absolute atomic E-state index is 0.0290. The standard InChI is InChI=1S/C12H14N2O2/c15-12-11-5-9(2-1-8(11)6-13-12)14-10-3-4-16-7-10/h1-2,5,10,14H,3-4,6-7H2,(H,13,15). The van der Waals surface area contributed by atoms with Crippen LogP contribution in [0.4, 0.5) is 5.69 Å². The Bertz CT molecular complexity index is 425. The van der Waals surface area contributed by atoms with E-state index in [2.05, 4.69) is 10.6 Å². The Hall–Kier alpha value is -1.55. The van der Waals surface area contributed by atoms with Crippen molar-refractivity contribution in [3.05, 3.63) is 29.3 Å². The lowest BCUT2D eigenvalue weighted by molar-refractivity contribution is 0.0966. The molecule has 0 aromatic heterocycles. The highest BCUT2D eigenvalue weighted by molar-refractivity contribution is 5.99. The lowest BCUT2D eigenvalue weighted by Gasteiger charge is -2.12. The van der Waals surface area contributed by atoms with Gasteiger partial charge in [-0.05, 0) is 24.1 Å². The summed E-state index contributed by atoms with van der Waals surface area (Å²) in [7, 11) is 0. The first-order valence-electron chi connectivity index (χ1n) is 5.58. The molecule has 0 aliphatic carbocycles. The van der Waals surface area contributed by atoms with E-state index in [9.17, 15) is 4.79 Å². The van der Waals surface area contributed by atoms with E-state index >= 15 is 0 Å². The molecule has 2 heterocycles. The van der Waals surface area contributed by atoms with Crippen molar-refractivity contribution in [1.29, 1.82) is 0 Å². The molecular formula is C12H14N2O2. The molecule has 2 aliphatic heterocycles. The van der Waals surface area contributed by atoms with Crippen LogP contribution in [0.1, 0.15) is 22.3 Å². The van der Waals surface area contributed by atoms with Gasteiger partial charge < -0.3 is 15.4 Å². The molecule has 1 aromatic rings. The molecule has 2 aliphatic rings. The molecule has 1 atom stereocenters. The van der Waals surface area contributed by atoms with Crippen LogP contribution in [-0.2, 0) is 11.3 Å². The molecule has 4 heteroatoms. The molecule has 1 aromatic carbocycles. The summed E-state index contributed by atoms with van der Waals surface area (Å²) in [6.07, 6.45) is 1.03. The van der Waals surface area contributed by atoms with E-state index in [1.165, 1.54) is 0 Å². The maximum atomic E-state index is 11.5. The maximum absolute atomic E-state index is 11.5. The molecule has 4 nitrogen and oxygen atoms in total. The highest BCUT2D eigenvalue weighted by atomic mass is 16.5. The summed E-state index contributed by atoms with van der Waals surface area (Å²) < 4.78 is 5.30. The normalized spacial score (nSPS) is 23.0. The first-order valence-corrected chi connectivity index (χ1v) is 5.58. The minimum atomic E-state index is 0.0290. The molecule has 1 fully saturated rings. The SMILES string of the molecule is O=C1NCc2ccc(NC3CCOC3)cc21. The molecule has 0 spiro atoms. The fraction of sp³-hybridized carbons (Fsp3) is 0.417. The van der Waals surface area contributed by atoms with Gasteiger partial charge in [0.15, 0.2) is 0 Å². The molecular weight excluding hydrogens is 204 g/mol. The van der Waals surface area contributed by atoms with Crippen molar-refractivity contribution in [2.75, 3.05) is 18.5 Å². The van der Waals surface area contributed by atoms with Crippen LogP contribution in [0.2, 0.25) is 0 Å². The van der Waals surface area contributed by atoms with Crippen LogP contribution in [0.5, 0.6) is 0 Å². The summed E-state index contributed by atoms with van der Waals surface area (Å²) in [5.41, 5.74) is 2.88. The number of carbonyl (C=O) groups excluding carboxylic acids is 1. The molecule has 0 bridgehead atoms. The first kappa shape index (κ1) is 9.66. The predicted octanol–water partition coefficient (Wildman–Crippen LogP) is 1.13. The van der Waals surface area contributed by atoms with Gasteiger partial charge in [-0.1, -0.05) is 6.07 Å². The smallest absolute Gasteiger partial charge is 0.251 e. The Morgan fingerprint density at radius 2 is 2.38 bits per heavy atom. The van der Waals surface area contributed by atoms with Gasteiger partial charge in [0, 0.05) is 24.4 Å². The first-order chi connectivity index (χ1) is 7.83. The third-order valence-electron chi connectivity index (χ3n) is 3.09. The second kappa shape index (κ2) is 3.79. The number of fused-ring (bicyclic) bond motifs is 1. The molecule has 0 radical (unpaired) electrons. The number of amides is 1. The molecule has 1 unspecified atom stereocenters. The van der Waals surface area contributed by atoms with Gasteiger partial charge in [0.25, 0.3) is 5.91 Å². The van der Waals surface area contributed by atoms with Gasteiger partial charge in [-0.25, -0.2) is 0 Å². The van der Waals surface area contributed by atoms with Gasteiger partial charge in [0.05, 0.1) is 12.6 Å².